The number of hydrogen-bond acceptors (Lipinski definition) is 6. The first-order valence-electron chi connectivity index (χ1n) is 8.10. The lowest BCUT2D eigenvalue weighted by molar-refractivity contribution is 0.0523. The van der Waals surface area contributed by atoms with E-state index in [1.165, 1.54) is 11.8 Å². The average Bonchev–Trinajstić information content (AvgIpc) is 2.51. The maximum absolute atomic E-state index is 11.9. The quantitative estimate of drug-likeness (QED) is 0.493. The van der Waals surface area contributed by atoms with Crippen LogP contribution in [0.15, 0.2) is 11.2 Å². The Kier molecular flexibility index (Phi) is 6.57. The van der Waals surface area contributed by atoms with Crippen molar-refractivity contribution in [2.75, 3.05) is 24.2 Å². The molecule has 1 N–H and O–H groups in total. The third-order valence-electron chi connectivity index (χ3n) is 3.65. The van der Waals surface area contributed by atoms with Crippen LogP contribution in [0.5, 0.6) is 0 Å². The number of hydrogen-bond donors (Lipinski definition) is 1. The first-order chi connectivity index (χ1) is 11.3. The molecule has 24 heavy (non-hydrogen) atoms. The summed E-state index contributed by atoms with van der Waals surface area (Å²) in [5.41, 5.74) is -0.496. The average molecular weight is 373 g/mol. The van der Waals surface area contributed by atoms with Gasteiger partial charge in [0, 0.05) is 25.2 Å². The highest BCUT2D eigenvalue weighted by Gasteiger charge is 2.26. The van der Waals surface area contributed by atoms with E-state index >= 15 is 0 Å². The number of nitrogens with zero attached hydrogens (tertiary/aromatic N) is 3. The SMILES string of the molecule is CSc1nc(Cl)cc(N2CCCC[C@@H]2CNC(=O)OC(C)(C)C)n1. The van der Waals surface area contributed by atoms with Crippen molar-refractivity contribution in [3.63, 3.8) is 0 Å². The third-order valence-corrected chi connectivity index (χ3v) is 4.39. The van der Waals surface area contributed by atoms with Crippen molar-refractivity contribution >= 4 is 35.3 Å². The van der Waals surface area contributed by atoms with Crippen molar-refractivity contribution in [1.82, 2.24) is 15.3 Å². The van der Waals surface area contributed by atoms with E-state index in [1.54, 1.807) is 6.07 Å². The summed E-state index contributed by atoms with van der Waals surface area (Å²) >= 11 is 7.58. The lowest BCUT2D eigenvalue weighted by atomic mass is 10.0. The summed E-state index contributed by atoms with van der Waals surface area (Å²) in [5, 5.41) is 3.96. The van der Waals surface area contributed by atoms with Crippen molar-refractivity contribution in [2.45, 2.75) is 56.8 Å². The molecule has 2 rings (SSSR count). The number of carbonyl (C=O) groups excluding carboxylic acids is 1. The first kappa shape index (κ1) is 19.1. The van der Waals surface area contributed by atoms with E-state index in [2.05, 4.69) is 20.2 Å². The molecule has 1 aliphatic rings. The number of anilines is 1. The highest BCUT2D eigenvalue weighted by atomic mass is 35.5. The topological polar surface area (TPSA) is 67.4 Å². The van der Waals surface area contributed by atoms with Crippen molar-refractivity contribution in [1.29, 1.82) is 0 Å². The van der Waals surface area contributed by atoms with Crippen LogP contribution in [-0.2, 0) is 4.74 Å². The molecule has 0 aromatic carbocycles. The number of nitrogens with one attached hydrogen (secondary N) is 1. The highest BCUT2D eigenvalue weighted by molar-refractivity contribution is 7.98. The molecule has 8 heteroatoms. The Morgan fingerprint density at radius 2 is 2.21 bits per heavy atom. The molecule has 1 fully saturated rings. The lowest BCUT2D eigenvalue weighted by Crippen LogP contribution is -2.48. The number of aromatic nitrogens is 2. The maximum atomic E-state index is 11.9. The van der Waals surface area contributed by atoms with Gasteiger partial charge in [0.05, 0.1) is 0 Å². The molecule has 1 aliphatic heterocycles. The Morgan fingerprint density at radius 3 is 2.88 bits per heavy atom. The first-order valence-corrected chi connectivity index (χ1v) is 9.71. The van der Waals surface area contributed by atoms with E-state index in [4.69, 9.17) is 16.3 Å². The fourth-order valence-corrected chi connectivity index (χ4v) is 3.26. The van der Waals surface area contributed by atoms with Gasteiger partial charge in [0.25, 0.3) is 0 Å². The predicted molar refractivity (Wildman–Crippen MR) is 98.0 cm³/mol. The lowest BCUT2D eigenvalue weighted by Gasteiger charge is -2.37. The van der Waals surface area contributed by atoms with Gasteiger partial charge < -0.3 is 15.0 Å². The number of carbonyl (C=O) groups is 1. The summed E-state index contributed by atoms with van der Waals surface area (Å²) < 4.78 is 5.31. The second-order valence-corrected chi connectivity index (χ2v) is 7.92. The van der Waals surface area contributed by atoms with Crippen LogP contribution in [0.3, 0.4) is 0 Å². The number of piperidine rings is 1. The smallest absolute Gasteiger partial charge is 0.407 e. The van der Waals surface area contributed by atoms with Crippen molar-refractivity contribution in [2.24, 2.45) is 0 Å². The fourth-order valence-electron chi connectivity index (χ4n) is 2.65. The third kappa shape index (κ3) is 5.70. The number of alkyl carbamates (subject to hydrolysis) is 1. The molecule has 2 heterocycles. The van der Waals surface area contributed by atoms with Crippen molar-refractivity contribution < 1.29 is 9.53 Å². The summed E-state index contributed by atoms with van der Waals surface area (Å²) in [6.07, 6.45) is 4.75. The fraction of sp³-hybridized carbons (Fsp3) is 0.688. The van der Waals surface area contributed by atoms with E-state index < -0.39 is 11.7 Å². The molecule has 0 spiro atoms. The van der Waals surface area contributed by atoms with Crippen molar-refractivity contribution in [3.05, 3.63) is 11.2 Å². The molecule has 1 aromatic rings. The van der Waals surface area contributed by atoms with Gasteiger partial charge in [0.15, 0.2) is 5.16 Å². The Morgan fingerprint density at radius 1 is 1.46 bits per heavy atom. The van der Waals surface area contributed by atoms with Crippen LogP contribution in [0, 0.1) is 0 Å². The molecular formula is C16H25ClN4O2S. The zero-order chi connectivity index (χ0) is 17.7. The summed E-state index contributed by atoms with van der Waals surface area (Å²) in [4.78, 5) is 22.8. The number of halogens is 1. The molecule has 0 aliphatic carbocycles. The van der Waals surface area contributed by atoms with E-state index in [1.807, 2.05) is 27.0 Å². The van der Waals surface area contributed by atoms with Gasteiger partial charge in [0.2, 0.25) is 0 Å². The molecule has 1 atom stereocenters. The number of amides is 1. The number of thioether (sulfide) groups is 1. The zero-order valence-electron chi connectivity index (χ0n) is 14.6. The summed E-state index contributed by atoms with van der Waals surface area (Å²) in [6.45, 7) is 6.97. The second kappa shape index (κ2) is 8.25. The maximum Gasteiger partial charge on any atom is 0.407 e. The molecule has 0 bridgehead atoms. The Bertz CT molecular complexity index is 580. The van der Waals surface area contributed by atoms with Gasteiger partial charge in [-0.2, -0.15) is 0 Å². The molecule has 0 radical (unpaired) electrons. The van der Waals surface area contributed by atoms with Crippen LogP contribution in [0.25, 0.3) is 0 Å². The molecule has 1 saturated heterocycles. The minimum Gasteiger partial charge on any atom is -0.444 e. The van der Waals surface area contributed by atoms with Crippen LogP contribution >= 0.6 is 23.4 Å². The number of ether oxygens (including phenoxy) is 1. The van der Waals surface area contributed by atoms with Crippen LogP contribution < -0.4 is 10.2 Å². The monoisotopic (exact) mass is 372 g/mol. The standard InChI is InChI=1S/C16H25ClN4O2S/c1-16(2,3)23-15(22)18-10-11-7-5-6-8-21(11)13-9-12(17)19-14(20-13)24-4/h9,11H,5-8,10H2,1-4H3,(H,18,22)/t11-/m1/s1. The number of rotatable bonds is 4. The highest BCUT2D eigenvalue weighted by Crippen LogP contribution is 2.26. The van der Waals surface area contributed by atoms with Crippen LogP contribution in [0.4, 0.5) is 10.6 Å². The molecule has 0 saturated carbocycles. The normalized spacial score (nSPS) is 18.4. The minimum atomic E-state index is -0.496. The van der Waals surface area contributed by atoms with Crippen LogP contribution in [0.1, 0.15) is 40.0 Å². The molecule has 0 unspecified atom stereocenters. The van der Waals surface area contributed by atoms with E-state index in [0.717, 1.165) is 31.6 Å². The van der Waals surface area contributed by atoms with E-state index in [0.29, 0.717) is 16.9 Å². The molecule has 1 amide bonds. The zero-order valence-corrected chi connectivity index (χ0v) is 16.2. The van der Waals surface area contributed by atoms with Crippen molar-refractivity contribution in [3.8, 4) is 0 Å². The molecule has 6 nitrogen and oxygen atoms in total. The van der Waals surface area contributed by atoms with Gasteiger partial charge in [0.1, 0.15) is 16.6 Å². The second-order valence-electron chi connectivity index (χ2n) is 6.76. The minimum absolute atomic E-state index is 0.173. The molecule has 134 valence electrons. The van der Waals surface area contributed by atoms with Gasteiger partial charge in [-0.15, -0.1) is 0 Å². The summed E-state index contributed by atoms with van der Waals surface area (Å²) in [7, 11) is 0. The van der Waals surface area contributed by atoms with Gasteiger partial charge in [-0.05, 0) is 46.3 Å². The Balaban J connectivity index is 2.05. The van der Waals surface area contributed by atoms with Crippen LogP contribution in [-0.4, -0.2) is 47.0 Å². The van der Waals surface area contributed by atoms with E-state index in [9.17, 15) is 4.79 Å². The van der Waals surface area contributed by atoms with Gasteiger partial charge in [-0.3, -0.25) is 0 Å². The van der Waals surface area contributed by atoms with Gasteiger partial charge in [-0.1, -0.05) is 23.4 Å². The Labute approximate surface area is 152 Å². The van der Waals surface area contributed by atoms with Gasteiger partial charge >= 0.3 is 6.09 Å². The van der Waals surface area contributed by atoms with E-state index in [-0.39, 0.29) is 6.04 Å². The van der Waals surface area contributed by atoms with Gasteiger partial charge in [-0.25, -0.2) is 14.8 Å². The molecule has 1 aromatic heterocycles. The summed E-state index contributed by atoms with van der Waals surface area (Å²) in [6, 6.07) is 1.96. The Hall–Kier alpha value is -1.21. The molecular weight excluding hydrogens is 348 g/mol. The largest absolute Gasteiger partial charge is 0.444 e. The van der Waals surface area contributed by atoms with Crippen LogP contribution in [0.2, 0.25) is 5.15 Å². The summed E-state index contributed by atoms with van der Waals surface area (Å²) in [5.74, 6) is 0.815. The predicted octanol–water partition coefficient (Wildman–Crippen LogP) is 3.74.